The molecule has 1 heterocycles. The molecule has 5 nitrogen and oxygen atoms in total. The van der Waals surface area contributed by atoms with Crippen molar-refractivity contribution in [2.75, 3.05) is 19.8 Å². The first-order chi connectivity index (χ1) is 8.16. The van der Waals surface area contributed by atoms with Gasteiger partial charge in [-0.2, -0.15) is 0 Å². The first-order valence-corrected chi connectivity index (χ1v) is 5.59. The molecule has 92 valence electrons. The Morgan fingerprint density at radius 3 is 2.65 bits per heavy atom. The minimum atomic E-state index is -0.500. The van der Waals surface area contributed by atoms with E-state index in [1.54, 1.807) is 0 Å². The van der Waals surface area contributed by atoms with Gasteiger partial charge in [0.25, 0.3) is 0 Å². The minimum Gasteiger partial charge on any atom is -0.486 e. The average molecular weight is 236 g/mol. The fraction of sp³-hybridized carbons (Fsp3) is 0.417. The predicted octanol–water partition coefficient (Wildman–Crippen LogP) is 0.977. The van der Waals surface area contributed by atoms with Crippen LogP contribution >= 0.6 is 0 Å². The van der Waals surface area contributed by atoms with Gasteiger partial charge < -0.3 is 20.5 Å². The lowest BCUT2D eigenvalue weighted by atomic mass is 10.0. The highest BCUT2D eigenvalue weighted by atomic mass is 16.6. The van der Waals surface area contributed by atoms with Crippen molar-refractivity contribution in [3.63, 3.8) is 0 Å². The zero-order valence-corrected chi connectivity index (χ0v) is 9.79. The van der Waals surface area contributed by atoms with Crippen LogP contribution in [0, 0.1) is 6.92 Å². The standard InChI is InChI=1S/C12H16N2O3/c1-8-6-10-11(17-5-4-16-10)7-9(8)2-3-14-12(13)15/h6-7H,2-5H2,1H3,(H3,13,14,15). The summed E-state index contributed by atoms with van der Waals surface area (Å²) < 4.78 is 11.0. The zero-order chi connectivity index (χ0) is 12.3. The Bertz CT molecular complexity index is 432. The molecule has 5 heteroatoms. The fourth-order valence-electron chi connectivity index (χ4n) is 1.82. The van der Waals surface area contributed by atoms with Crippen LogP contribution in [0.15, 0.2) is 12.1 Å². The SMILES string of the molecule is Cc1cc2c(cc1CCNC(N)=O)OCCO2. The maximum Gasteiger partial charge on any atom is 0.312 e. The number of carbonyl (C=O) groups excluding carboxylic acids is 1. The molecule has 0 spiro atoms. The number of primary amides is 1. The van der Waals surface area contributed by atoms with E-state index in [1.165, 1.54) is 0 Å². The lowest BCUT2D eigenvalue weighted by Gasteiger charge is -2.20. The summed E-state index contributed by atoms with van der Waals surface area (Å²) in [6.07, 6.45) is 0.728. The first kappa shape index (κ1) is 11.6. The molecule has 0 fully saturated rings. The first-order valence-electron chi connectivity index (χ1n) is 5.59. The quantitative estimate of drug-likeness (QED) is 0.821. The minimum absolute atomic E-state index is 0.500. The molecule has 1 aromatic rings. The summed E-state index contributed by atoms with van der Waals surface area (Å²) in [6, 6.07) is 3.43. The highest BCUT2D eigenvalue weighted by Crippen LogP contribution is 2.32. The Morgan fingerprint density at radius 1 is 1.35 bits per heavy atom. The van der Waals surface area contributed by atoms with E-state index in [0.29, 0.717) is 19.8 Å². The molecule has 3 N–H and O–H groups in total. The molecule has 1 aliphatic rings. The predicted molar refractivity (Wildman–Crippen MR) is 63.5 cm³/mol. The topological polar surface area (TPSA) is 73.6 Å². The molecule has 1 aliphatic heterocycles. The smallest absolute Gasteiger partial charge is 0.312 e. The van der Waals surface area contributed by atoms with Gasteiger partial charge in [-0.3, -0.25) is 0 Å². The van der Waals surface area contributed by atoms with E-state index in [0.717, 1.165) is 29.0 Å². The average Bonchev–Trinajstić information content (AvgIpc) is 2.29. The molecule has 0 radical (unpaired) electrons. The van der Waals surface area contributed by atoms with Gasteiger partial charge >= 0.3 is 6.03 Å². The maximum absolute atomic E-state index is 10.6. The van der Waals surface area contributed by atoms with E-state index in [2.05, 4.69) is 5.32 Å². The number of amides is 2. The van der Waals surface area contributed by atoms with Crippen LogP contribution in [0.25, 0.3) is 0 Å². The molecule has 0 bridgehead atoms. The van der Waals surface area contributed by atoms with E-state index in [1.807, 2.05) is 19.1 Å². The van der Waals surface area contributed by atoms with Gasteiger partial charge in [-0.25, -0.2) is 4.79 Å². The van der Waals surface area contributed by atoms with E-state index < -0.39 is 6.03 Å². The second-order valence-electron chi connectivity index (χ2n) is 3.96. The van der Waals surface area contributed by atoms with Gasteiger partial charge in [-0.05, 0) is 36.6 Å². The third kappa shape index (κ3) is 2.81. The highest BCUT2D eigenvalue weighted by molar-refractivity contribution is 5.71. The number of benzene rings is 1. The number of urea groups is 1. The van der Waals surface area contributed by atoms with Crippen LogP contribution in [0.1, 0.15) is 11.1 Å². The van der Waals surface area contributed by atoms with Crippen molar-refractivity contribution in [2.24, 2.45) is 5.73 Å². The third-order valence-corrected chi connectivity index (χ3v) is 2.69. The molecule has 0 saturated carbocycles. The summed E-state index contributed by atoms with van der Waals surface area (Å²) in [5, 5.41) is 2.57. The molecule has 0 unspecified atom stereocenters. The van der Waals surface area contributed by atoms with Gasteiger partial charge in [0.1, 0.15) is 13.2 Å². The molecule has 0 aromatic heterocycles. The molecular weight excluding hydrogens is 220 g/mol. The Balaban J connectivity index is 2.09. The van der Waals surface area contributed by atoms with Crippen molar-refractivity contribution in [3.8, 4) is 11.5 Å². The van der Waals surface area contributed by atoms with Gasteiger partial charge in [0, 0.05) is 6.54 Å². The van der Waals surface area contributed by atoms with Crippen molar-refractivity contribution in [1.82, 2.24) is 5.32 Å². The van der Waals surface area contributed by atoms with Crippen LogP contribution in [0.4, 0.5) is 4.79 Å². The number of carbonyl (C=O) groups is 1. The van der Waals surface area contributed by atoms with E-state index >= 15 is 0 Å². The molecule has 2 amide bonds. The van der Waals surface area contributed by atoms with Crippen LogP contribution in [0.2, 0.25) is 0 Å². The molecule has 0 atom stereocenters. The van der Waals surface area contributed by atoms with E-state index in [9.17, 15) is 4.79 Å². The fourth-order valence-corrected chi connectivity index (χ4v) is 1.82. The van der Waals surface area contributed by atoms with Crippen LogP contribution in [-0.4, -0.2) is 25.8 Å². The molecule has 2 rings (SSSR count). The number of fused-ring (bicyclic) bond motifs is 1. The molecular formula is C12H16N2O3. The van der Waals surface area contributed by atoms with E-state index in [4.69, 9.17) is 15.2 Å². The van der Waals surface area contributed by atoms with Crippen LogP contribution in [-0.2, 0) is 6.42 Å². The van der Waals surface area contributed by atoms with Crippen molar-refractivity contribution in [2.45, 2.75) is 13.3 Å². The van der Waals surface area contributed by atoms with Crippen molar-refractivity contribution in [1.29, 1.82) is 0 Å². The Kier molecular flexibility index (Phi) is 3.37. The Morgan fingerprint density at radius 2 is 2.00 bits per heavy atom. The van der Waals surface area contributed by atoms with Gasteiger partial charge in [0.2, 0.25) is 0 Å². The van der Waals surface area contributed by atoms with Crippen LogP contribution in [0.5, 0.6) is 11.5 Å². The summed E-state index contributed by atoms with van der Waals surface area (Å²) in [5.74, 6) is 1.57. The van der Waals surface area contributed by atoms with Crippen molar-refractivity contribution in [3.05, 3.63) is 23.3 Å². The monoisotopic (exact) mass is 236 g/mol. The lowest BCUT2D eigenvalue weighted by Crippen LogP contribution is -2.31. The number of rotatable bonds is 3. The van der Waals surface area contributed by atoms with Gasteiger partial charge in [-0.15, -0.1) is 0 Å². The molecule has 0 aliphatic carbocycles. The maximum atomic E-state index is 10.6. The number of aryl methyl sites for hydroxylation is 1. The number of hydrogen-bond acceptors (Lipinski definition) is 3. The third-order valence-electron chi connectivity index (χ3n) is 2.69. The summed E-state index contributed by atoms with van der Waals surface area (Å²) in [5.41, 5.74) is 7.26. The van der Waals surface area contributed by atoms with Crippen LogP contribution < -0.4 is 20.5 Å². The van der Waals surface area contributed by atoms with Crippen molar-refractivity contribution < 1.29 is 14.3 Å². The normalized spacial score (nSPS) is 13.2. The molecule has 1 aromatic carbocycles. The largest absolute Gasteiger partial charge is 0.486 e. The van der Waals surface area contributed by atoms with Crippen molar-refractivity contribution >= 4 is 6.03 Å². The van der Waals surface area contributed by atoms with E-state index in [-0.39, 0.29) is 0 Å². The van der Waals surface area contributed by atoms with Crippen LogP contribution in [0.3, 0.4) is 0 Å². The van der Waals surface area contributed by atoms with Gasteiger partial charge in [-0.1, -0.05) is 0 Å². The summed E-state index contributed by atoms with van der Waals surface area (Å²) >= 11 is 0. The Hall–Kier alpha value is -1.91. The van der Waals surface area contributed by atoms with Gasteiger partial charge in [0.15, 0.2) is 11.5 Å². The Labute approximate surface area is 99.9 Å². The number of ether oxygens (including phenoxy) is 2. The highest BCUT2D eigenvalue weighted by Gasteiger charge is 2.13. The van der Waals surface area contributed by atoms with Gasteiger partial charge in [0.05, 0.1) is 0 Å². The molecule has 17 heavy (non-hydrogen) atoms. The zero-order valence-electron chi connectivity index (χ0n) is 9.79. The number of hydrogen-bond donors (Lipinski definition) is 2. The molecule has 0 saturated heterocycles. The second kappa shape index (κ2) is 4.95. The number of nitrogens with two attached hydrogens (primary N) is 1. The number of nitrogens with one attached hydrogen (secondary N) is 1. The second-order valence-corrected chi connectivity index (χ2v) is 3.96. The summed E-state index contributed by atoms with van der Waals surface area (Å²) in [6.45, 7) is 3.71. The summed E-state index contributed by atoms with van der Waals surface area (Å²) in [7, 11) is 0. The summed E-state index contributed by atoms with van der Waals surface area (Å²) in [4.78, 5) is 10.6. The lowest BCUT2D eigenvalue weighted by molar-refractivity contribution is 0.171.